The van der Waals surface area contributed by atoms with Gasteiger partial charge >= 0.3 is 5.69 Å². The van der Waals surface area contributed by atoms with Crippen LogP contribution in [0, 0.1) is 0 Å². The molecule has 360 valence electrons. The van der Waals surface area contributed by atoms with Gasteiger partial charge in [0, 0.05) is 133 Å². The number of hydrogen-bond acceptors (Lipinski definition) is 10. The fourth-order valence-electron chi connectivity index (χ4n) is 11.3. The summed E-state index contributed by atoms with van der Waals surface area (Å²) in [7, 11) is 3.51. The van der Waals surface area contributed by atoms with Crippen molar-refractivity contribution in [1.29, 1.82) is 0 Å². The number of imide groups is 1. The van der Waals surface area contributed by atoms with Gasteiger partial charge < -0.3 is 19.6 Å². The monoisotopic (exact) mass is 934 g/mol. The van der Waals surface area contributed by atoms with Crippen molar-refractivity contribution in [2.24, 2.45) is 14.1 Å². The molecule has 0 radical (unpaired) electrons. The number of aryl methyl sites for hydroxylation is 3. The van der Waals surface area contributed by atoms with Gasteiger partial charge in [-0.2, -0.15) is 10.2 Å². The first-order valence-electron chi connectivity index (χ1n) is 24.1. The van der Waals surface area contributed by atoms with Crippen LogP contribution in [0.25, 0.3) is 22.2 Å². The number of carbonyl (C=O) groups excluding carboxylic acids is 4. The van der Waals surface area contributed by atoms with Crippen LogP contribution in [0.2, 0.25) is 0 Å². The van der Waals surface area contributed by atoms with Gasteiger partial charge in [-0.25, -0.2) is 13.6 Å². The van der Waals surface area contributed by atoms with Crippen LogP contribution < -0.4 is 15.9 Å². The van der Waals surface area contributed by atoms with Gasteiger partial charge in [-0.05, 0) is 80.0 Å². The van der Waals surface area contributed by atoms with E-state index in [9.17, 15) is 32.8 Å². The van der Waals surface area contributed by atoms with E-state index >= 15 is 0 Å². The van der Waals surface area contributed by atoms with E-state index in [4.69, 9.17) is 5.10 Å². The van der Waals surface area contributed by atoms with Crippen LogP contribution in [0.4, 0.5) is 20.3 Å². The Balaban J connectivity index is 0.752. The van der Waals surface area contributed by atoms with Crippen molar-refractivity contribution >= 4 is 46.2 Å². The molecule has 3 aromatic heterocycles. The zero-order chi connectivity index (χ0) is 47.4. The Morgan fingerprint density at radius 1 is 0.897 bits per heavy atom. The number of piperazine rings is 1. The number of carbonyl (C=O) groups is 4. The first-order valence-corrected chi connectivity index (χ1v) is 24.1. The third kappa shape index (κ3) is 8.62. The molecule has 10 rings (SSSR count). The number of anilines is 2. The van der Waals surface area contributed by atoms with Gasteiger partial charge in [-0.15, -0.1) is 0 Å². The Morgan fingerprint density at radius 2 is 1.68 bits per heavy atom. The fourth-order valence-corrected chi connectivity index (χ4v) is 11.3. The Labute approximate surface area is 393 Å². The van der Waals surface area contributed by atoms with Crippen LogP contribution in [-0.2, 0) is 59.2 Å². The molecule has 8 heterocycles. The second-order valence-electron chi connectivity index (χ2n) is 19.2. The van der Waals surface area contributed by atoms with Crippen molar-refractivity contribution in [3.63, 3.8) is 0 Å². The summed E-state index contributed by atoms with van der Waals surface area (Å²) < 4.78 is 36.4. The molecule has 1 atom stereocenters. The molecule has 3 fully saturated rings. The highest BCUT2D eigenvalue weighted by atomic mass is 19.3. The van der Waals surface area contributed by atoms with Gasteiger partial charge in [0.2, 0.25) is 23.6 Å². The number of likely N-dealkylation sites (tertiary alicyclic amines) is 1. The highest BCUT2D eigenvalue weighted by Crippen LogP contribution is 2.44. The summed E-state index contributed by atoms with van der Waals surface area (Å²) in [6, 6.07) is 8.69. The molecule has 19 heteroatoms. The van der Waals surface area contributed by atoms with Crippen molar-refractivity contribution in [2.75, 3.05) is 63.8 Å². The average Bonchev–Trinajstić information content (AvgIpc) is 4.02. The minimum atomic E-state index is -2.68. The summed E-state index contributed by atoms with van der Waals surface area (Å²) in [6.45, 7) is 9.38. The van der Waals surface area contributed by atoms with Gasteiger partial charge in [0.25, 0.3) is 6.43 Å². The van der Waals surface area contributed by atoms with Crippen LogP contribution in [-0.4, -0.2) is 131 Å². The smallest absolute Gasteiger partial charge is 0.329 e. The molecule has 5 aliphatic heterocycles. The SMILES string of the molecule is CC(=O)N1CCc2c(c(N3CCCc4cc(-c5cnn(C)c5)c(C(F)F)cc43)nn2C2CCN(C(=O)CCCN3CCN(Cc4cccc5c4n(C)c(=O)n5C4CCC(=O)NC4=O)CC3)CC2)C1. The standard InChI is InChI=1S/C49H60F2N12O5/c1-31(64)60-20-15-39-38(30-60)47(61-17-5-8-32-25-36(34-27-52-55(2)28-34)37(46(50)51)26-42(32)61)54-63(39)35-13-18-59(19-14-35)44(66)10-6-16-57-21-23-58(24-22-57)29-33-7-4-9-40-45(33)56(3)49(68)62(40)41-11-12-43(65)53-48(41)67/h4,7,9,25-28,35,41,46H,5-6,8,10-24,29-30H2,1-3H3,(H,53,65,67). The first kappa shape index (κ1) is 45.6. The molecule has 5 aromatic rings. The van der Waals surface area contributed by atoms with E-state index < -0.39 is 18.4 Å². The van der Waals surface area contributed by atoms with Crippen molar-refractivity contribution in [1.82, 2.24) is 53.6 Å². The van der Waals surface area contributed by atoms with Gasteiger partial charge in [0.1, 0.15) is 6.04 Å². The van der Waals surface area contributed by atoms with Crippen LogP contribution in [0.15, 0.2) is 47.5 Å². The quantitative estimate of drug-likeness (QED) is 0.186. The predicted octanol–water partition coefficient (Wildman–Crippen LogP) is 4.60. The number of nitrogens with zero attached hydrogens (tertiary/aromatic N) is 11. The van der Waals surface area contributed by atoms with E-state index in [0.717, 1.165) is 104 Å². The molecule has 5 aliphatic rings. The van der Waals surface area contributed by atoms with Gasteiger partial charge in [0.05, 0.1) is 29.8 Å². The zero-order valence-corrected chi connectivity index (χ0v) is 39.1. The van der Waals surface area contributed by atoms with Crippen LogP contribution in [0.5, 0.6) is 0 Å². The summed E-state index contributed by atoms with van der Waals surface area (Å²) >= 11 is 0. The Bertz CT molecular complexity index is 2830. The second-order valence-corrected chi connectivity index (χ2v) is 19.2. The van der Waals surface area contributed by atoms with E-state index in [1.54, 1.807) is 48.7 Å². The summed E-state index contributed by atoms with van der Waals surface area (Å²) in [4.78, 5) is 74.9. The first-order chi connectivity index (χ1) is 32.8. The average molecular weight is 935 g/mol. The number of para-hydroxylation sites is 1. The van der Waals surface area contributed by atoms with Crippen molar-refractivity contribution in [3.8, 4) is 11.1 Å². The fraction of sp³-hybridized carbons (Fsp3) is 0.531. The van der Waals surface area contributed by atoms with Gasteiger partial charge in [-0.3, -0.25) is 47.9 Å². The Kier molecular flexibility index (Phi) is 12.5. The lowest BCUT2D eigenvalue weighted by molar-refractivity contribution is -0.136. The number of hydrogen-bond donors (Lipinski definition) is 1. The number of piperidine rings is 2. The number of rotatable bonds is 11. The molecule has 0 spiro atoms. The number of aromatic nitrogens is 6. The summed E-state index contributed by atoms with van der Waals surface area (Å²) in [5.41, 5.74) is 7.12. The van der Waals surface area contributed by atoms with E-state index in [2.05, 4.69) is 29.8 Å². The number of amides is 4. The van der Waals surface area contributed by atoms with E-state index in [0.29, 0.717) is 75.2 Å². The van der Waals surface area contributed by atoms with Gasteiger partial charge in [0.15, 0.2) is 5.82 Å². The minimum absolute atomic E-state index is 0.00920. The lowest BCUT2D eigenvalue weighted by Crippen LogP contribution is -2.46. The molecular weight excluding hydrogens is 875 g/mol. The molecule has 68 heavy (non-hydrogen) atoms. The van der Waals surface area contributed by atoms with Crippen molar-refractivity contribution < 1.29 is 28.0 Å². The molecule has 17 nitrogen and oxygen atoms in total. The summed E-state index contributed by atoms with van der Waals surface area (Å²) in [5, 5.41) is 11.9. The largest absolute Gasteiger partial charge is 0.343 e. The van der Waals surface area contributed by atoms with Gasteiger partial charge in [-0.1, -0.05) is 12.1 Å². The normalized spacial score (nSPS) is 19.8. The molecule has 1 unspecified atom stereocenters. The van der Waals surface area contributed by atoms with E-state index in [1.165, 1.54) is 4.57 Å². The topological polar surface area (TPSA) is 159 Å². The predicted molar refractivity (Wildman–Crippen MR) is 250 cm³/mol. The number of halogens is 2. The van der Waals surface area contributed by atoms with Crippen LogP contribution in [0.3, 0.4) is 0 Å². The molecule has 1 N–H and O–H groups in total. The Hall–Kier alpha value is -6.21. The molecule has 0 bridgehead atoms. The number of alkyl halides is 2. The highest BCUT2D eigenvalue weighted by Gasteiger charge is 2.36. The lowest BCUT2D eigenvalue weighted by atomic mass is 9.92. The molecule has 0 saturated carbocycles. The minimum Gasteiger partial charge on any atom is -0.343 e. The molecule has 4 amide bonds. The molecular formula is C49H60F2N12O5. The number of fused-ring (bicyclic) bond motifs is 3. The maximum absolute atomic E-state index is 14.7. The Morgan fingerprint density at radius 3 is 2.40 bits per heavy atom. The van der Waals surface area contributed by atoms with Crippen molar-refractivity contribution in [3.05, 3.63) is 81.2 Å². The highest BCUT2D eigenvalue weighted by molar-refractivity contribution is 6.00. The summed E-state index contributed by atoms with van der Waals surface area (Å²) in [5.74, 6) is 0.123. The second kappa shape index (κ2) is 18.7. The number of nitrogens with one attached hydrogen (secondary N) is 1. The van der Waals surface area contributed by atoms with E-state index in [-0.39, 0.29) is 41.4 Å². The summed E-state index contributed by atoms with van der Waals surface area (Å²) in [6.07, 6.45) is 6.17. The lowest BCUT2D eigenvalue weighted by Gasteiger charge is -2.35. The maximum Gasteiger partial charge on any atom is 0.329 e. The maximum atomic E-state index is 14.7. The van der Waals surface area contributed by atoms with Crippen molar-refractivity contribution in [2.45, 2.75) is 96.3 Å². The number of benzene rings is 2. The third-order valence-electron chi connectivity index (χ3n) is 15.0. The molecule has 3 saturated heterocycles. The van der Waals surface area contributed by atoms with E-state index in [1.807, 2.05) is 34.1 Å². The van der Waals surface area contributed by atoms with Crippen LogP contribution in [0.1, 0.15) is 98.3 Å². The third-order valence-corrected chi connectivity index (χ3v) is 15.0. The van der Waals surface area contributed by atoms with Crippen LogP contribution >= 0.6 is 0 Å². The molecule has 2 aromatic carbocycles. The molecule has 0 aliphatic carbocycles. The zero-order valence-electron chi connectivity index (χ0n) is 39.1. The number of imidazole rings is 1.